The van der Waals surface area contributed by atoms with E-state index in [1.54, 1.807) is 6.07 Å². The van der Waals surface area contributed by atoms with Gasteiger partial charge in [0.15, 0.2) is 17.5 Å². The molecule has 1 saturated carbocycles. The number of primary amides is 1. The minimum absolute atomic E-state index is 0.110. The second kappa shape index (κ2) is 9.59. The lowest BCUT2D eigenvalue weighted by Gasteiger charge is -2.42. The molecule has 1 aromatic carbocycles. The fourth-order valence-electron chi connectivity index (χ4n) is 5.31. The Morgan fingerprint density at radius 3 is 2.76 bits per heavy atom. The summed E-state index contributed by atoms with van der Waals surface area (Å²) in [5, 5.41) is 15.3. The van der Waals surface area contributed by atoms with Crippen molar-refractivity contribution in [2.45, 2.75) is 88.7 Å². The molecule has 1 aromatic heterocycles. The first kappa shape index (κ1) is 26.5. The normalized spacial score (nSPS) is 25.2. The molecule has 0 saturated heterocycles. The van der Waals surface area contributed by atoms with Crippen molar-refractivity contribution < 1.29 is 19.0 Å². The Hall–Kier alpha value is -3.07. The number of carbonyl (C=O) groups excluding carboxylic acids is 1. The van der Waals surface area contributed by atoms with Crippen LogP contribution in [0.25, 0.3) is 0 Å². The monoisotopic (exact) mass is 538 g/mol. The smallest absolute Gasteiger partial charge is 0.244 e. The average Bonchev–Trinajstić information content (AvgIpc) is 3.35. The average molecular weight is 539 g/mol. The van der Waals surface area contributed by atoms with Gasteiger partial charge in [-0.2, -0.15) is 0 Å². The van der Waals surface area contributed by atoms with Gasteiger partial charge in [0.1, 0.15) is 24.7 Å². The van der Waals surface area contributed by atoms with Crippen LogP contribution in [0.15, 0.2) is 23.5 Å². The largest absolute Gasteiger partial charge is 0.371 e. The number of amides is 1. The molecule has 1 aliphatic carbocycles. The number of nitrogens with two attached hydrogens (primary N) is 1. The molecule has 0 spiro atoms. The van der Waals surface area contributed by atoms with Crippen molar-refractivity contribution in [1.29, 1.82) is 0 Å². The summed E-state index contributed by atoms with van der Waals surface area (Å²) in [6, 6.07) is 3.70. The van der Waals surface area contributed by atoms with Crippen LogP contribution in [0.4, 0.5) is 4.39 Å². The molecule has 4 aliphatic rings. The van der Waals surface area contributed by atoms with Crippen LogP contribution in [-0.2, 0) is 21.9 Å². The highest BCUT2D eigenvalue weighted by Crippen LogP contribution is 2.48. The van der Waals surface area contributed by atoms with Gasteiger partial charge in [0.05, 0.1) is 11.6 Å². The zero-order chi connectivity index (χ0) is 27.4. The molecule has 2 bridgehead atoms. The van der Waals surface area contributed by atoms with Crippen LogP contribution in [0.2, 0.25) is 25.7 Å². The second-order valence-corrected chi connectivity index (χ2v) is 17.6. The Morgan fingerprint density at radius 1 is 1.34 bits per heavy atom. The van der Waals surface area contributed by atoms with E-state index in [1.165, 1.54) is 24.0 Å². The Balaban J connectivity index is 1.38. The van der Waals surface area contributed by atoms with Gasteiger partial charge in [-0.15, -0.1) is 5.10 Å². The number of rotatable bonds is 7. The van der Waals surface area contributed by atoms with Gasteiger partial charge in [-0.25, -0.2) is 14.1 Å². The van der Waals surface area contributed by atoms with E-state index < -0.39 is 31.4 Å². The lowest BCUT2D eigenvalue weighted by Crippen LogP contribution is -2.50. The van der Waals surface area contributed by atoms with Gasteiger partial charge in [-0.1, -0.05) is 31.5 Å². The molecule has 9 nitrogen and oxygen atoms in total. The number of halogens is 1. The fraction of sp³-hybridized carbons (Fsp3) is 0.556. The Morgan fingerprint density at radius 2 is 2.08 bits per heavy atom. The van der Waals surface area contributed by atoms with Gasteiger partial charge in [0.25, 0.3) is 0 Å². The van der Waals surface area contributed by atoms with Crippen molar-refractivity contribution >= 4 is 19.8 Å². The van der Waals surface area contributed by atoms with E-state index in [9.17, 15) is 9.90 Å². The van der Waals surface area contributed by atoms with E-state index in [4.69, 9.17) is 10.5 Å². The van der Waals surface area contributed by atoms with Gasteiger partial charge >= 0.3 is 0 Å². The maximum atomic E-state index is 15.2. The van der Waals surface area contributed by atoms with Crippen molar-refractivity contribution in [1.82, 2.24) is 19.7 Å². The Labute approximate surface area is 223 Å². The highest BCUT2D eigenvalue weighted by atomic mass is 28.3. The summed E-state index contributed by atoms with van der Waals surface area (Å²) in [5.41, 5.74) is 5.70. The highest BCUT2D eigenvalue weighted by molar-refractivity contribution is 6.76. The molecule has 1 amide bonds. The maximum absolute atomic E-state index is 15.2. The van der Waals surface area contributed by atoms with E-state index in [0.717, 1.165) is 30.0 Å². The van der Waals surface area contributed by atoms with Crippen molar-refractivity contribution in [2.75, 3.05) is 6.61 Å². The van der Waals surface area contributed by atoms with E-state index in [-0.39, 0.29) is 36.1 Å². The molecular weight excluding hydrogens is 503 g/mol. The number of aliphatic hydroxyl groups is 1. The van der Waals surface area contributed by atoms with E-state index in [2.05, 4.69) is 51.5 Å². The van der Waals surface area contributed by atoms with Gasteiger partial charge in [-0.3, -0.25) is 9.79 Å². The fourth-order valence-corrected chi connectivity index (χ4v) is 6.07. The Bertz CT molecular complexity index is 1350. The maximum Gasteiger partial charge on any atom is 0.244 e. The number of aliphatic imine (C=N–C) groups is 1. The molecule has 2 aromatic rings. The quantitative estimate of drug-likeness (QED) is 0.318. The number of amidine groups is 1. The molecular formula is C27H35FN6O3Si. The third-order valence-corrected chi connectivity index (χ3v) is 9.36. The number of hydrogen-bond acceptors (Lipinski definition) is 7. The summed E-state index contributed by atoms with van der Waals surface area (Å²) in [4.78, 5) is 23.0. The summed E-state index contributed by atoms with van der Waals surface area (Å²) in [7, 11) is -1.19. The standard InChI is InChI=1S/C27H35FN6O3Si/c1-16-23(24(29)35)31-25-21-12-17(22(28)13-20(21)18-10-19(11-18)34(16)25)6-7-27(2,36)26-30-14-33(32-26)15-37-8-9-38(3,4)5/h12-14,16,18-19,23,36H,8-11,15H2,1-5H3,(H2,29,35). The van der Waals surface area contributed by atoms with Crippen molar-refractivity contribution in [3.63, 3.8) is 0 Å². The molecule has 3 N–H and O–H groups in total. The molecule has 6 rings (SSSR count). The van der Waals surface area contributed by atoms with Crippen molar-refractivity contribution in [3.05, 3.63) is 46.8 Å². The van der Waals surface area contributed by atoms with Crippen LogP contribution in [0.5, 0.6) is 0 Å². The predicted octanol–water partition coefficient (Wildman–Crippen LogP) is 2.55. The number of ether oxygens (including phenoxy) is 1. The first-order chi connectivity index (χ1) is 17.8. The van der Waals surface area contributed by atoms with Crippen LogP contribution >= 0.6 is 0 Å². The number of hydrogen-bond donors (Lipinski definition) is 2. The Kier molecular flexibility index (Phi) is 6.70. The first-order valence-corrected chi connectivity index (χ1v) is 16.8. The number of aromatic nitrogens is 3. The third kappa shape index (κ3) is 5.00. The van der Waals surface area contributed by atoms with Crippen LogP contribution in [0.3, 0.4) is 0 Å². The minimum atomic E-state index is -1.70. The van der Waals surface area contributed by atoms with E-state index in [1.807, 2.05) is 6.92 Å². The molecule has 0 radical (unpaired) electrons. The summed E-state index contributed by atoms with van der Waals surface area (Å²) < 4.78 is 22.4. The number of nitrogens with zero attached hydrogens (tertiary/aromatic N) is 5. The molecule has 11 heteroatoms. The van der Waals surface area contributed by atoms with E-state index >= 15 is 4.39 Å². The molecule has 38 heavy (non-hydrogen) atoms. The summed E-state index contributed by atoms with van der Waals surface area (Å²) in [6.07, 6.45) is 3.26. The lowest BCUT2D eigenvalue weighted by atomic mass is 9.75. The van der Waals surface area contributed by atoms with Crippen LogP contribution in [0.1, 0.15) is 55.1 Å². The van der Waals surface area contributed by atoms with Crippen molar-refractivity contribution in [2.24, 2.45) is 10.7 Å². The zero-order valence-corrected chi connectivity index (χ0v) is 23.5. The predicted molar refractivity (Wildman–Crippen MR) is 144 cm³/mol. The van der Waals surface area contributed by atoms with Crippen LogP contribution < -0.4 is 5.73 Å². The third-order valence-electron chi connectivity index (χ3n) is 7.65. The summed E-state index contributed by atoms with van der Waals surface area (Å²) >= 11 is 0. The zero-order valence-electron chi connectivity index (χ0n) is 22.5. The topological polar surface area (TPSA) is 119 Å². The number of benzene rings is 1. The highest BCUT2D eigenvalue weighted by Gasteiger charge is 2.49. The second-order valence-electron chi connectivity index (χ2n) is 12.0. The first-order valence-electron chi connectivity index (χ1n) is 13.1. The van der Waals surface area contributed by atoms with Gasteiger partial charge < -0.3 is 20.5 Å². The van der Waals surface area contributed by atoms with Crippen molar-refractivity contribution in [3.8, 4) is 11.8 Å². The SMILES string of the molecule is CC1C(C(N)=O)N=C2c3cc(C#CC(C)(O)c4ncn(COCC[Si](C)(C)C)n4)c(F)cc3C3CC(C3)N21. The molecule has 4 heterocycles. The minimum Gasteiger partial charge on any atom is -0.371 e. The van der Waals surface area contributed by atoms with Crippen LogP contribution in [-0.4, -0.2) is 69.3 Å². The summed E-state index contributed by atoms with van der Waals surface area (Å²) in [5.74, 6) is 5.62. The van der Waals surface area contributed by atoms with E-state index in [0.29, 0.717) is 12.4 Å². The summed E-state index contributed by atoms with van der Waals surface area (Å²) in [6.45, 7) is 11.1. The molecule has 1 fully saturated rings. The molecule has 3 aliphatic heterocycles. The lowest BCUT2D eigenvalue weighted by molar-refractivity contribution is -0.119. The van der Waals surface area contributed by atoms with Gasteiger partial charge in [-0.05, 0) is 56.3 Å². The number of carbonyl (C=O) groups is 1. The molecule has 3 unspecified atom stereocenters. The molecule has 3 atom stereocenters. The van der Waals surface area contributed by atoms with Gasteiger partial charge in [0, 0.05) is 26.3 Å². The van der Waals surface area contributed by atoms with Crippen LogP contribution in [0, 0.1) is 17.7 Å². The van der Waals surface area contributed by atoms with Gasteiger partial charge in [0.2, 0.25) is 5.91 Å². The molecule has 202 valence electrons.